The Kier molecular flexibility index (Phi) is 4.12. The van der Waals surface area contributed by atoms with Gasteiger partial charge in [-0.15, -0.1) is 0 Å². The molecule has 1 aliphatic heterocycles. The molecule has 0 radical (unpaired) electrons. The van der Waals surface area contributed by atoms with E-state index in [0.717, 1.165) is 26.1 Å². The normalized spacial score (nSPS) is 20.6. The highest BCUT2D eigenvalue weighted by Gasteiger charge is 2.26. The van der Waals surface area contributed by atoms with E-state index in [0.29, 0.717) is 0 Å². The quantitative estimate of drug-likeness (QED) is 0.772. The molecule has 2 N–H and O–H groups in total. The average molecular weight is 234 g/mol. The highest BCUT2D eigenvalue weighted by molar-refractivity contribution is 5.82. The average Bonchev–Trinajstić information content (AvgIpc) is 2.39. The summed E-state index contributed by atoms with van der Waals surface area (Å²) in [7, 11) is 0. The first-order valence-corrected chi connectivity index (χ1v) is 5.98. The van der Waals surface area contributed by atoms with Crippen LogP contribution >= 0.6 is 0 Å². The van der Waals surface area contributed by atoms with Gasteiger partial charge in [0.25, 0.3) is 0 Å². The smallest absolute Gasteiger partial charge is 0.242 e. The van der Waals surface area contributed by atoms with Crippen molar-refractivity contribution in [2.75, 3.05) is 26.2 Å². The molecule has 1 aliphatic rings. The lowest BCUT2D eigenvalue weighted by atomic mass is 10.1. The molecule has 0 spiro atoms. The molecule has 1 saturated heterocycles. The number of aliphatic hydroxyl groups excluding tert-OH is 1. The van der Waals surface area contributed by atoms with Gasteiger partial charge in [-0.3, -0.25) is 4.79 Å². The van der Waals surface area contributed by atoms with Gasteiger partial charge in [0.1, 0.15) is 6.04 Å². The molecule has 1 aromatic rings. The van der Waals surface area contributed by atoms with Crippen LogP contribution in [-0.2, 0) is 11.2 Å². The third-order valence-corrected chi connectivity index (χ3v) is 3.08. The highest BCUT2D eigenvalue weighted by atomic mass is 16.3. The van der Waals surface area contributed by atoms with Crippen molar-refractivity contribution in [2.45, 2.75) is 12.5 Å². The van der Waals surface area contributed by atoms with E-state index in [-0.39, 0.29) is 12.5 Å². The van der Waals surface area contributed by atoms with Gasteiger partial charge in [0.05, 0.1) is 6.61 Å². The monoisotopic (exact) mass is 234 g/mol. The van der Waals surface area contributed by atoms with E-state index in [2.05, 4.69) is 17.4 Å². The van der Waals surface area contributed by atoms with Gasteiger partial charge in [-0.25, -0.2) is 0 Å². The van der Waals surface area contributed by atoms with Crippen LogP contribution < -0.4 is 5.32 Å². The minimum atomic E-state index is -0.417. The molecule has 2 rings (SSSR count). The Bertz CT molecular complexity index is 367. The number of hydrogen-bond donors (Lipinski definition) is 2. The molecule has 0 aliphatic carbocycles. The highest BCUT2D eigenvalue weighted by Crippen LogP contribution is 2.05. The van der Waals surface area contributed by atoms with Crippen LogP contribution in [0.1, 0.15) is 5.56 Å². The van der Waals surface area contributed by atoms with Crippen LogP contribution in [0, 0.1) is 0 Å². The third-order valence-electron chi connectivity index (χ3n) is 3.08. The van der Waals surface area contributed by atoms with Crippen LogP contribution in [0.4, 0.5) is 0 Å². The molecular formula is C13H18N2O2. The van der Waals surface area contributed by atoms with E-state index in [4.69, 9.17) is 5.11 Å². The van der Waals surface area contributed by atoms with Crippen molar-refractivity contribution >= 4 is 5.91 Å². The summed E-state index contributed by atoms with van der Waals surface area (Å²) in [6.45, 7) is 2.08. The molecule has 1 fully saturated rings. The first-order valence-electron chi connectivity index (χ1n) is 5.98. The van der Waals surface area contributed by atoms with E-state index in [1.807, 2.05) is 23.1 Å². The fourth-order valence-corrected chi connectivity index (χ4v) is 2.07. The van der Waals surface area contributed by atoms with Crippen molar-refractivity contribution in [3.05, 3.63) is 35.9 Å². The molecule has 17 heavy (non-hydrogen) atoms. The van der Waals surface area contributed by atoms with E-state index < -0.39 is 6.04 Å². The van der Waals surface area contributed by atoms with Gasteiger partial charge in [0.15, 0.2) is 0 Å². The van der Waals surface area contributed by atoms with Gasteiger partial charge in [0, 0.05) is 19.6 Å². The molecule has 1 unspecified atom stereocenters. The van der Waals surface area contributed by atoms with Crippen LogP contribution in [-0.4, -0.2) is 48.2 Å². The second-order valence-corrected chi connectivity index (χ2v) is 4.25. The molecule has 4 nitrogen and oxygen atoms in total. The molecule has 1 aromatic carbocycles. The molecule has 0 bridgehead atoms. The van der Waals surface area contributed by atoms with Crippen molar-refractivity contribution in [2.24, 2.45) is 0 Å². The number of nitrogens with one attached hydrogen (secondary N) is 1. The fraction of sp³-hybridized carbons (Fsp3) is 0.462. The number of benzene rings is 1. The van der Waals surface area contributed by atoms with Gasteiger partial charge in [-0.2, -0.15) is 0 Å². The number of carbonyl (C=O) groups excluding carboxylic acids is 1. The third kappa shape index (κ3) is 3.05. The summed E-state index contributed by atoms with van der Waals surface area (Å²) in [5.41, 5.74) is 1.24. The van der Waals surface area contributed by atoms with Gasteiger partial charge < -0.3 is 15.3 Å². The number of amides is 1. The van der Waals surface area contributed by atoms with Gasteiger partial charge in [-0.1, -0.05) is 30.3 Å². The maximum absolute atomic E-state index is 11.9. The van der Waals surface area contributed by atoms with Crippen LogP contribution in [0.3, 0.4) is 0 Å². The first kappa shape index (κ1) is 12.1. The lowest BCUT2D eigenvalue weighted by molar-refractivity contribution is -0.136. The van der Waals surface area contributed by atoms with Gasteiger partial charge >= 0.3 is 0 Å². The number of rotatable bonds is 4. The summed E-state index contributed by atoms with van der Waals surface area (Å²) in [6.07, 6.45) is 0.866. The summed E-state index contributed by atoms with van der Waals surface area (Å²) in [5.74, 6) is 0.00896. The van der Waals surface area contributed by atoms with Crippen LogP contribution in [0.25, 0.3) is 0 Å². The maximum Gasteiger partial charge on any atom is 0.242 e. The zero-order valence-electron chi connectivity index (χ0n) is 9.80. The van der Waals surface area contributed by atoms with Crippen molar-refractivity contribution in [3.63, 3.8) is 0 Å². The summed E-state index contributed by atoms with van der Waals surface area (Å²) >= 11 is 0. The second kappa shape index (κ2) is 5.80. The minimum Gasteiger partial charge on any atom is -0.394 e. The van der Waals surface area contributed by atoms with Crippen molar-refractivity contribution in [1.82, 2.24) is 10.2 Å². The topological polar surface area (TPSA) is 52.6 Å². The Labute approximate surface area is 101 Å². The Balaban J connectivity index is 1.88. The molecular weight excluding hydrogens is 216 g/mol. The van der Waals surface area contributed by atoms with Crippen LogP contribution in [0.15, 0.2) is 30.3 Å². The van der Waals surface area contributed by atoms with Crippen molar-refractivity contribution < 1.29 is 9.90 Å². The predicted molar refractivity (Wildman–Crippen MR) is 65.6 cm³/mol. The standard InChI is InChI=1S/C13H18N2O2/c16-10-12-13(17)15(9-7-14-12)8-6-11-4-2-1-3-5-11/h1-5,12,14,16H,6-10H2. The zero-order valence-corrected chi connectivity index (χ0v) is 9.80. The molecule has 1 atom stereocenters. The molecule has 4 heteroatoms. The lowest BCUT2D eigenvalue weighted by Crippen LogP contribution is -2.56. The summed E-state index contributed by atoms with van der Waals surface area (Å²) in [4.78, 5) is 13.7. The SMILES string of the molecule is O=C1C(CO)NCCN1CCc1ccccc1. The number of carbonyl (C=O) groups is 1. The number of piperazine rings is 1. The Morgan fingerprint density at radius 3 is 2.82 bits per heavy atom. The molecule has 1 amide bonds. The molecule has 1 heterocycles. The van der Waals surface area contributed by atoms with E-state index in [1.165, 1.54) is 5.56 Å². The summed E-state index contributed by atoms with van der Waals surface area (Å²) in [6, 6.07) is 9.71. The van der Waals surface area contributed by atoms with Crippen LogP contribution in [0.5, 0.6) is 0 Å². The predicted octanol–water partition coefficient (Wildman–Crippen LogP) is 0.0218. The largest absolute Gasteiger partial charge is 0.394 e. The van der Waals surface area contributed by atoms with Gasteiger partial charge in [-0.05, 0) is 12.0 Å². The summed E-state index contributed by atoms with van der Waals surface area (Å²) in [5, 5.41) is 12.1. The number of nitrogens with zero attached hydrogens (tertiary/aromatic N) is 1. The van der Waals surface area contributed by atoms with Crippen molar-refractivity contribution in [1.29, 1.82) is 0 Å². The van der Waals surface area contributed by atoms with E-state index >= 15 is 0 Å². The number of hydrogen-bond acceptors (Lipinski definition) is 3. The van der Waals surface area contributed by atoms with E-state index in [9.17, 15) is 4.79 Å². The second-order valence-electron chi connectivity index (χ2n) is 4.25. The number of aliphatic hydroxyl groups is 1. The van der Waals surface area contributed by atoms with Crippen molar-refractivity contribution in [3.8, 4) is 0 Å². The molecule has 0 aromatic heterocycles. The fourth-order valence-electron chi connectivity index (χ4n) is 2.07. The van der Waals surface area contributed by atoms with Crippen LogP contribution in [0.2, 0.25) is 0 Å². The Morgan fingerprint density at radius 1 is 1.35 bits per heavy atom. The Morgan fingerprint density at radius 2 is 2.12 bits per heavy atom. The minimum absolute atomic E-state index is 0.00896. The Hall–Kier alpha value is -1.39. The first-order chi connectivity index (χ1) is 8.31. The maximum atomic E-state index is 11.9. The lowest BCUT2D eigenvalue weighted by Gasteiger charge is -2.32. The van der Waals surface area contributed by atoms with Gasteiger partial charge in [0.2, 0.25) is 5.91 Å². The molecule has 92 valence electrons. The summed E-state index contributed by atoms with van der Waals surface area (Å²) < 4.78 is 0. The molecule has 0 saturated carbocycles. The zero-order chi connectivity index (χ0) is 12.1. The van der Waals surface area contributed by atoms with E-state index in [1.54, 1.807) is 0 Å².